The molecule has 1 fully saturated rings. The summed E-state index contributed by atoms with van der Waals surface area (Å²) in [4.78, 5) is 29.8. The number of carbonyl (C=O) groups excluding carboxylic acids is 2. The van der Waals surface area contributed by atoms with Crippen molar-refractivity contribution in [3.63, 3.8) is 0 Å². The first-order valence-electron chi connectivity index (χ1n) is 10.2. The number of rotatable bonds is 4. The van der Waals surface area contributed by atoms with Crippen LogP contribution in [0.5, 0.6) is 0 Å². The monoisotopic (exact) mass is 399 g/mol. The fourth-order valence-electron chi connectivity index (χ4n) is 3.69. The zero-order valence-electron chi connectivity index (χ0n) is 17.0. The number of para-hydroxylation sites is 2. The average Bonchev–Trinajstić information content (AvgIpc) is 2.81. The number of hydrogen-bond donors (Lipinski definition) is 1. The van der Waals surface area contributed by atoms with E-state index in [1.165, 1.54) is 5.69 Å². The van der Waals surface area contributed by atoms with Gasteiger partial charge >= 0.3 is 0 Å². The van der Waals surface area contributed by atoms with E-state index in [0.29, 0.717) is 24.2 Å². The van der Waals surface area contributed by atoms with Crippen LogP contribution in [0, 0.1) is 6.92 Å². The molecule has 0 atom stereocenters. The third-order valence-corrected chi connectivity index (χ3v) is 5.45. The molecule has 0 unspecified atom stereocenters. The van der Waals surface area contributed by atoms with Crippen LogP contribution in [0.4, 0.5) is 11.4 Å². The second kappa shape index (κ2) is 8.82. The second-order valence-corrected chi connectivity index (χ2v) is 7.46. The SMILES string of the molecule is Cc1ccccc1NC(=O)c1cccc(C(=O)N2CCN(c3ccccc3)CC2)c1. The lowest BCUT2D eigenvalue weighted by Gasteiger charge is -2.36. The Morgan fingerprint density at radius 3 is 2.17 bits per heavy atom. The maximum atomic E-state index is 13.0. The number of benzene rings is 3. The number of anilines is 2. The van der Waals surface area contributed by atoms with E-state index < -0.39 is 0 Å². The largest absolute Gasteiger partial charge is 0.368 e. The molecule has 1 aliphatic rings. The van der Waals surface area contributed by atoms with E-state index in [-0.39, 0.29) is 11.8 Å². The van der Waals surface area contributed by atoms with Crippen molar-refractivity contribution in [2.24, 2.45) is 0 Å². The fourth-order valence-corrected chi connectivity index (χ4v) is 3.69. The van der Waals surface area contributed by atoms with Crippen molar-refractivity contribution < 1.29 is 9.59 Å². The van der Waals surface area contributed by atoms with Gasteiger partial charge in [-0.3, -0.25) is 9.59 Å². The molecular weight excluding hydrogens is 374 g/mol. The molecule has 0 bridgehead atoms. The minimum absolute atomic E-state index is 0.0340. The molecule has 4 rings (SSSR count). The smallest absolute Gasteiger partial charge is 0.255 e. The van der Waals surface area contributed by atoms with Crippen molar-refractivity contribution in [1.82, 2.24) is 4.90 Å². The van der Waals surface area contributed by atoms with Crippen LogP contribution in [0.25, 0.3) is 0 Å². The Morgan fingerprint density at radius 1 is 0.767 bits per heavy atom. The molecule has 0 aromatic heterocycles. The van der Waals surface area contributed by atoms with Crippen LogP contribution in [0.3, 0.4) is 0 Å². The lowest BCUT2D eigenvalue weighted by atomic mass is 10.1. The highest BCUT2D eigenvalue weighted by Crippen LogP contribution is 2.18. The summed E-state index contributed by atoms with van der Waals surface area (Å²) in [5.41, 5.74) is 3.97. The first kappa shape index (κ1) is 19.7. The van der Waals surface area contributed by atoms with Gasteiger partial charge in [0.05, 0.1) is 0 Å². The summed E-state index contributed by atoms with van der Waals surface area (Å²) in [7, 11) is 0. The molecule has 1 heterocycles. The van der Waals surface area contributed by atoms with Gasteiger partial charge < -0.3 is 15.1 Å². The second-order valence-electron chi connectivity index (χ2n) is 7.46. The van der Waals surface area contributed by atoms with Crippen molar-refractivity contribution in [2.75, 3.05) is 36.4 Å². The normalized spacial score (nSPS) is 13.8. The number of nitrogens with zero attached hydrogens (tertiary/aromatic N) is 2. The molecule has 30 heavy (non-hydrogen) atoms. The Morgan fingerprint density at radius 2 is 1.43 bits per heavy atom. The zero-order chi connectivity index (χ0) is 20.9. The maximum Gasteiger partial charge on any atom is 0.255 e. The minimum atomic E-state index is -0.215. The Balaban J connectivity index is 1.42. The molecule has 5 heteroatoms. The van der Waals surface area contributed by atoms with Gasteiger partial charge in [0.15, 0.2) is 0 Å². The van der Waals surface area contributed by atoms with Crippen molar-refractivity contribution in [2.45, 2.75) is 6.92 Å². The van der Waals surface area contributed by atoms with E-state index in [4.69, 9.17) is 0 Å². The van der Waals surface area contributed by atoms with Gasteiger partial charge in [-0.25, -0.2) is 0 Å². The summed E-state index contributed by atoms with van der Waals surface area (Å²) in [6, 6.07) is 24.8. The predicted molar refractivity (Wildman–Crippen MR) is 120 cm³/mol. The van der Waals surface area contributed by atoms with E-state index in [0.717, 1.165) is 24.3 Å². The van der Waals surface area contributed by atoms with E-state index in [2.05, 4.69) is 22.3 Å². The third-order valence-electron chi connectivity index (χ3n) is 5.45. The molecule has 3 aromatic carbocycles. The number of piperazine rings is 1. The predicted octanol–water partition coefficient (Wildman–Crippen LogP) is 4.21. The van der Waals surface area contributed by atoms with E-state index in [1.807, 2.05) is 54.3 Å². The fraction of sp³-hybridized carbons (Fsp3) is 0.200. The number of amides is 2. The van der Waals surface area contributed by atoms with Crippen LogP contribution in [0.2, 0.25) is 0 Å². The molecule has 5 nitrogen and oxygen atoms in total. The maximum absolute atomic E-state index is 13.0. The molecule has 1 saturated heterocycles. The number of nitrogens with one attached hydrogen (secondary N) is 1. The quantitative estimate of drug-likeness (QED) is 0.715. The average molecular weight is 399 g/mol. The van der Waals surface area contributed by atoms with Crippen LogP contribution >= 0.6 is 0 Å². The third kappa shape index (κ3) is 4.35. The highest BCUT2D eigenvalue weighted by molar-refractivity contribution is 6.06. The van der Waals surface area contributed by atoms with E-state index in [9.17, 15) is 9.59 Å². The molecule has 2 amide bonds. The van der Waals surface area contributed by atoms with Crippen molar-refractivity contribution in [3.05, 3.63) is 95.6 Å². The molecule has 3 aromatic rings. The van der Waals surface area contributed by atoms with Crippen molar-refractivity contribution in [3.8, 4) is 0 Å². The Bertz CT molecular complexity index is 1040. The summed E-state index contributed by atoms with van der Waals surface area (Å²) in [6.45, 7) is 4.86. The van der Waals surface area contributed by atoms with Gasteiger partial charge in [-0.1, -0.05) is 42.5 Å². The van der Waals surface area contributed by atoms with E-state index in [1.54, 1.807) is 24.3 Å². The molecule has 152 valence electrons. The van der Waals surface area contributed by atoms with Gasteiger partial charge in [-0.15, -0.1) is 0 Å². The van der Waals surface area contributed by atoms with Gasteiger partial charge in [-0.2, -0.15) is 0 Å². The number of carbonyl (C=O) groups is 2. The van der Waals surface area contributed by atoms with Crippen LogP contribution in [0.15, 0.2) is 78.9 Å². The summed E-state index contributed by atoms with van der Waals surface area (Å²) in [5.74, 6) is -0.249. The van der Waals surface area contributed by atoms with Crippen LogP contribution in [-0.2, 0) is 0 Å². The lowest BCUT2D eigenvalue weighted by molar-refractivity contribution is 0.0747. The summed E-state index contributed by atoms with van der Waals surface area (Å²) >= 11 is 0. The molecule has 1 N–H and O–H groups in total. The molecular formula is C25H25N3O2. The lowest BCUT2D eigenvalue weighted by Crippen LogP contribution is -2.48. The van der Waals surface area contributed by atoms with Crippen LogP contribution < -0.4 is 10.2 Å². The molecule has 0 radical (unpaired) electrons. The number of hydrogen-bond acceptors (Lipinski definition) is 3. The Labute approximate surface area is 176 Å². The van der Waals surface area contributed by atoms with Gasteiger partial charge in [0.2, 0.25) is 0 Å². The summed E-state index contributed by atoms with van der Waals surface area (Å²) < 4.78 is 0. The first-order valence-corrected chi connectivity index (χ1v) is 10.2. The highest BCUT2D eigenvalue weighted by atomic mass is 16.2. The molecule has 0 aliphatic carbocycles. The van der Waals surface area contributed by atoms with Gasteiger partial charge in [0.25, 0.3) is 11.8 Å². The molecule has 0 saturated carbocycles. The number of aryl methyl sites for hydroxylation is 1. The molecule has 0 spiro atoms. The zero-order valence-corrected chi connectivity index (χ0v) is 17.0. The topological polar surface area (TPSA) is 52.7 Å². The van der Waals surface area contributed by atoms with Crippen molar-refractivity contribution >= 4 is 23.2 Å². The minimum Gasteiger partial charge on any atom is -0.368 e. The van der Waals surface area contributed by atoms with E-state index >= 15 is 0 Å². The van der Waals surface area contributed by atoms with Gasteiger partial charge in [0.1, 0.15) is 0 Å². The van der Waals surface area contributed by atoms with Gasteiger partial charge in [-0.05, 0) is 48.9 Å². The van der Waals surface area contributed by atoms with Crippen LogP contribution in [-0.4, -0.2) is 42.9 Å². The summed E-state index contributed by atoms with van der Waals surface area (Å²) in [5, 5.41) is 2.93. The Hall–Kier alpha value is -3.60. The van der Waals surface area contributed by atoms with Crippen molar-refractivity contribution in [1.29, 1.82) is 0 Å². The van der Waals surface area contributed by atoms with Crippen LogP contribution in [0.1, 0.15) is 26.3 Å². The van der Waals surface area contributed by atoms with Gasteiger partial charge in [0, 0.05) is 48.7 Å². The standard InChI is InChI=1S/C25H25N3O2/c1-19-8-5-6-13-23(19)26-24(29)20-9-7-10-21(18-20)25(30)28-16-14-27(15-17-28)22-11-3-2-4-12-22/h2-13,18H,14-17H2,1H3,(H,26,29). The first-order chi connectivity index (χ1) is 14.6. The summed E-state index contributed by atoms with van der Waals surface area (Å²) in [6.07, 6.45) is 0. The highest BCUT2D eigenvalue weighted by Gasteiger charge is 2.23. The Kier molecular flexibility index (Phi) is 5.80. The molecule has 1 aliphatic heterocycles.